The number of ether oxygens (including phenoxy) is 2. The van der Waals surface area contributed by atoms with E-state index < -0.39 is 12.3 Å². The summed E-state index contributed by atoms with van der Waals surface area (Å²) in [6.07, 6.45) is 4.32. The van der Waals surface area contributed by atoms with E-state index in [1.165, 1.54) is 6.92 Å². The number of hydrogen-bond donors (Lipinski definition) is 0. The minimum atomic E-state index is -0.578. The highest BCUT2D eigenvalue weighted by Crippen LogP contribution is 2.36. The first-order chi connectivity index (χ1) is 15.0. The molecule has 0 amide bonds. The molecular formula is C22H24ClN5O3. The average Bonchev–Trinajstić information content (AvgIpc) is 3.43. The molecule has 1 aliphatic rings. The van der Waals surface area contributed by atoms with Crippen molar-refractivity contribution in [3.63, 3.8) is 0 Å². The van der Waals surface area contributed by atoms with E-state index >= 15 is 0 Å². The molecule has 3 aromatic heterocycles. The molecule has 1 saturated heterocycles. The summed E-state index contributed by atoms with van der Waals surface area (Å²) in [6, 6.07) is 3.87. The Kier molecular flexibility index (Phi) is 6.25. The SMILES string of the molecule is CCCCC#Cc1nc(Cl)c2nc(-c3cccn3C)n([C@@H]3OCC[C@H]3OC(C)=O)c2n1. The van der Waals surface area contributed by atoms with Crippen LogP contribution in [0.1, 0.15) is 51.6 Å². The molecule has 4 rings (SSSR count). The summed E-state index contributed by atoms with van der Waals surface area (Å²) in [5, 5.41) is 0.223. The number of esters is 1. The Morgan fingerprint density at radius 2 is 2.23 bits per heavy atom. The van der Waals surface area contributed by atoms with E-state index in [-0.39, 0.29) is 11.1 Å². The number of fused-ring (bicyclic) bond motifs is 1. The summed E-state index contributed by atoms with van der Waals surface area (Å²) in [5.41, 5.74) is 1.80. The van der Waals surface area contributed by atoms with Crippen LogP contribution in [0.3, 0.4) is 0 Å². The Morgan fingerprint density at radius 1 is 1.39 bits per heavy atom. The van der Waals surface area contributed by atoms with Crippen LogP contribution in [0.5, 0.6) is 0 Å². The standard InChI is InChI=1S/C22H24ClN5O3/c1-4-5-6-7-10-17-24-19(23)18-21(25-17)28(20(26-18)15-9-8-12-27(15)3)22-16(11-13-30-22)31-14(2)29/h8-9,12,16,22H,4-6,11,13H2,1-3H3/t16-,22-/m1/s1. The molecule has 0 unspecified atom stereocenters. The lowest BCUT2D eigenvalue weighted by atomic mass is 10.2. The van der Waals surface area contributed by atoms with Gasteiger partial charge in [-0.3, -0.25) is 9.36 Å². The number of halogens is 1. The van der Waals surface area contributed by atoms with Crippen molar-refractivity contribution in [3.05, 3.63) is 29.3 Å². The van der Waals surface area contributed by atoms with Gasteiger partial charge in [-0.2, -0.15) is 0 Å². The molecule has 0 radical (unpaired) electrons. The van der Waals surface area contributed by atoms with Gasteiger partial charge in [0.1, 0.15) is 11.6 Å². The van der Waals surface area contributed by atoms with Gasteiger partial charge in [-0.15, -0.1) is 0 Å². The third-order valence-electron chi connectivity index (χ3n) is 5.11. The molecular weight excluding hydrogens is 418 g/mol. The molecule has 9 heteroatoms. The predicted octanol–water partition coefficient (Wildman–Crippen LogP) is 3.88. The van der Waals surface area contributed by atoms with Crippen LogP contribution in [-0.2, 0) is 21.3 Å². The molecule has 2 atom stereocenters. The van der Waals surface area contributed by atoms with Crippen LogP contribution in [0.25, 0.3) is 22.7 Å². The molecule has 0 aliphatic carbocycles. The maximum absolute atomic E-state index is 11.7. The highest BCUT2D eigenvalue weighted by Gasteiger charge is 2.36. The fraction of sp³-hybridized carbons (Fsp3) is 0.455. The van der Waals surface area contributed by atoms with Gasteiger partial charge in [-0.25, -0.2) is 15.0 Å². The second-order valence-corrected chi connectivity index (χ2v) is 7.78. The maximum Gasteiger partial charge on any atom is 0.303 e. The van der Waals surface area contributed by atoms with Crippen molar-refractivity contribution in [2.75, 3.05) is 6.61 Å². The monoisotopic (exact) mass is 441 g/mol. The second-order valence-electron chi connectivity index (χ2n) is 7.42. The molecule has 1 aliphatic heterocycles. The summed E-state index contributed by atoms with van der Waals surface area (Å²) in [6.45, 7) is 3.96. The molecule has 0 N–H and O–H groups in total. The van der Waals surface area contributed by atoms with Gasteiger partial charge in [0.15, 0.2) is 22.9 Å². The van der Waals surface area contributed by atoms with E-state index in [2.05, 4.69) is 28.7 Å². The predicted molar refractivity (Wildman–Crippen MR) is 116 cm³/mol. The van der Waals surface area contributed by atoms with Gasteiger partial charge in [-0.1, -0.05) is 30.9 Å². The van der Waals surface area contributed by atoms with Crippen LogP contribution in [0, 0.1) is 11.8 Å². The van der Waals surface area contributed by atoms with E-state index in [0.29, 0.717) is 35.8 Å². The van der Waals surface area contributed by atoms with Gasteiger partial charge in [0, 0.05) is 33.0 Å². The normalized spacial score (nSPS) is 18.2. The lowest BCUT2D eigenvalue weighted by Gasteiger charge is -2.22. The Bertz CT molecular complexity index is 1170. The summed E-state index contributed by atoms with van der Waals surface area (Å²) >= 11 is 6.49. The fourth-order valence-electron chi connectivity index (χ4n) is 3.64. The van der Waals surface area contributed by atoms with Gasteiger partial charge >= 0.3 is 5.97 Å². The lowest BCUT2D eigenvalue weighted by molar-refractivity contribution is -0.151. The summed E-state index contributed by atoms with van der Waals surface area (Å²) in [4.78, 5) is 25.4. The van der Waals surface area contributed by atoms with Crippen molar-refractivity contribution in [2.45, 2.75) is 51.9 Å². The first-order valence-corrected chi connectivity index (χ1v) is 10.7. The molecule has 0 bridgehead atoms. The summed E-state index contributed by atoms with van der Waals surface area (Å²) in [5.74, 6) is 6.67. The highest BCUT2D eigenvalue weighted by molar-refractivity contribution is 6.33. The van der Waals surface area contributed by atoms with Crippen molar-refractivity contribution in [1.29, 1.82) is 0 Å². The quantitative estimate of drug-likeness (QED) is 0.258. The first-order valence-electron chi connectivity index (χ1n) is 10.3. The van der Waals surface area contributed by atoms with Gasteiger partial charge in [-0.05, 0) is 24.5 Å². The van der Waals surface area contributed by atoms with E-state index in [1.807, 2.05) is 34.5 Å². The van der Waals surface area contributed by atoms with Crippen LogP contribution < -0.4 is 0 Å². The number of hydrogen-bond acceptors (Lipinski definition) is 6. The van der Waals surface area contributed by atoms with Crippen LogP contribution in [0.15, 0.2) is 18.3 Å². The minimum absolute atomic E-state index is 0.223. The zero-order valence-electron chi connectivity index (χ0n) is 17.8. The zero-order valence-corrected chi connectivity index (χ0v) is 18.5. The molecule has 0 saturated carbocycles. The number of imidazole rings is 1. The van der Waals surface area contributed by atoms with Crippen molar-refractivity contribution < 1.29 is 14.3 Å². The van der Waals surface area contributed by atoms with Crippen molar-refractivity contribution in [1.82, 2.24) is 24.1 Å². The number of rotatable bonds is 5. The van der Waals surface area contributed by atoms with Gasteiger partial charge in [0.05, 0.1) is 12.3 Å². The Labute approximate surface area is 185 Å². The molecule has 8 nitrogen and oxygen atoms in total. The average molecular weight is 442 g/mol. The van der Waals surface area contributed by atoms with Crippen LogP contribution in [-0.4, -0.2) is 42.8 Å². The Morgan fingerprint density at radius 3 is 2.94 bits per heavy atom. The van der Waals surface area contributed by atoms with Crippen molar-refractivity contribution in [3.8, 4) is 23.4 Å². The molecule has 1 fully saturated rings. The molecule has 31 heavy (non-hydrogen) atoms. The third-order valence-corrected chi connectivity index (χ3v) is 5.37. The Hall–Kier alpha value is -2.89. The molecule has 3 aromatic rings. The lowest BCUT2D eigenvalue weighted by Crippen LogP contribution is -2.25. The van der Waals surface area contributed by atoms with E-state index in [9.17, 15) is 4.79 Å². The third kappa shape index (κ3) is 4.29. The largest absolute Gasteiger partial charge is 0.458 e. The second kappa shape index (κ2) is 9.08. The van der Waals surface area contributed by atoms with Crippen molar-refractivity contribution in [2.24, 2.45) is 7.05 Å². The van der Waals surface area contributed by atoms with Crippen LogP contribution in [0.4, 0.5) is 0 Å². The fourth-order valence-corrected chi connectivity index (χ4v) is 3.85. The number of carbonyl (C=O) groups is 1. The molecule has 0 aromatic carbocycles. The smallest absolute Gasteiger partial charge is 0.303 e. The number of carbonyl (C=O) groups excluding carboxylic acids is 1. The summed E-state index contributed by atoms with van der Waals surface area (Å²) < 4.78 is 15.3. The maximum atomic E-state index is 11.7. The van der Waals surface area contributed by atoms with Crippen LogP contribution in [0.2, 0.25) is 5.15 Å². The molecule has 4 heterocycles. The van der Waals surface area contributed by atoms with Gasteiger partial charge in [0.2, 0.25) is 5.82 Å². The molecule has 0 spiro atoms. The van der Waals surface area contributed by atoms with Gasteiger partial charge < -0.3 is 14.0 Å². The number of nitrogens with zero attached hydrogens (tertiary/aromatic N) is 5. The summed E-state index contributed by atoms with van der Waals surface area (Å²) in [7, 11) is 1.93. The van der Waals surface area contributed by atoms with Crippen LogP contribution >= 0.6 is 11.6 Å². The Balaban J connectivity index is 1.89. The van der Waals surface area contributed by atoms with E-state index in [4.69, 9.17) is 26.1 Å². The van der Waals surface area contributed by atoms with Crippen molar-refractivity contribution >= 4 is 28.7 Å². The number of aryl methyl sites for hydroxylation is 1. The number of aromatic nitrogens is 5. The topological polar surface area (TPSA) is 84.1 Å². The highest BCUT2D eigenvalue weighted by atomic mass is 35.5. The molecule has 162 valence electrons. The zero-order chi connectivity index (χ0) is 22.0. The minimum Gasteiger partial charge on any atom is -0.458 e. The number of unbranched alkanes of at least 4 members (excludes halogenated alkanes) is 2. The first kappa shape index (κ1) is 21.3. The van der Waals surface area contributed by atoms with Gasteiger partial charge in [0.25, 0.3) is 0 Å². The van der Waals surface area contributed by atoms with E-state index in [0.717, 1.165) is 25.0 Å². The van der Waals surface area contributed by atoms with E-state index in [1.54, 1.807) is 0 Å².